The Balaban J connectivity index is 2.86. The summed E-state index contributed by atoms with van der Waals surface area (Å²) >= 11 is 5.77. The van der Waals surface area contributed by atoms with Gasteiger partial charge in [-0.05, 0) is 24.6 Å². The van der Waals surface area contributed by atoms with E-state index in [0.29, 0.717) is 15.9 Å². The molecule has 0 aliphatic heterocycles. The van der Waals surface area contributed by atoms with Gasteiger partial charge in [-0.25, -0.2) is 4.98 Å². The molecule has 0 spiro atoms. The fourth-order valence-corrected chi connectivity index (χ4v) is 1.66. The molecule has 0 aliphatic rings. The van der Waals surface area contributed by atoms with Gasteiger partial charge in [0.05, 0.1) is 9.95 Å². The van der Waals surface area contributed by atoms with Gasteiger partial charge in [0.25, 0.3) is 5.69 Å². The smallest absolute Gasteiger partial charge is 0.258 e. The van der Waals surface area contributed by atoms with E-state index in [-0.39, 0.29) is 5.69 Å². The minimum absolute atomic E-state index is 0.0154. The number of benzene rings is 1. The van der Waals surface area contributed by atoms with Crippen LogP contribution in [0.5, 0.6) is 0 Å². The highest BCUT2D eigenvalue weighted by atomic mass is 35.5. The van der Waals surface area contributed by atoms with Gasteiger partial charge in [0.1, 0.15) is 5.52 Å². The van der Waals surface area contributed by atoms with Crippen molar-refractivity contribution in [3.8, 4) is 0 Å². The Labute approximate surface area is 90.7 Å². The molecule has 1 aromatic carbocycles. The Bertz CT molecular complexity index is 549. The number of rotatable bonds is 1. The lowest BCUT2D eigenvalue weighted by Gasteiger charge is -2.01. The maximum Gasteiger partial charge on any atom is 0.295 e. The summed E-state index contributed by atoms with van der Waals surface area (Å²) in [6, 6.07) is 4.99. The zero-order valence-electron chi connectivity index (χ0n) is 7.90. The minimum atomic E-state index is -0.434. The lowest BCUT2D eigenvalue weighted by molar-refractivity contribution is -0.383. The Morgan fingerprint density at radius 2 is 2.13 bits per heavy atom. The van der Waals surface area contributed by atoms with E-state index in [4.69, 9.17) is 11.6 Å². The second-order valence-electron chi connectivity index (χ2n) is 3.27. The summed E-state index contributed by atoms with van der Waals surface area (Å²) in [5.74, 6) is 0. The summed E-state index contributed by atoms with van der Waals surface area (Å²) in [5.41, 5.74) is 1.20. The molecule has 76 valence electrons. The van der Waals surface area contributed by atoms with Gasteiger partial charge >= 0.3 is 0 Å². The lowest BCUT2D eigenvalue weighted by Crippen LogP contribution is -1.92. The third-order valence-corrected chi connectivity index (χ3v) is 2.28. The normalized spacial score (nSPS) is 10.5. The first-order chi connectivity index (χ1) is 7.08. The predicted molar refractivity (Wildman–Crippen MR) is 58.1 cm³/mol. The summed E-state index contributed by atoms with van der Waals surface area (Å²) < 4.78 is 0. The Hall–Kier alpha value is -1.68. The van der Waals surface area contributed by atoms with Crippen molar-refractivity contribution in [3.05, 3.63) is 45.1 Å². The number of pyridine rings is 1. The number of non-ortho nitro benzene ring substituents is 1. The molecule has 1 aromatic heterocycles. The third-order valence-electron chi connectivity index (χ3n) is 2.07. The SMILES string of the molecule is Cc1cc([N+](=O)[O-])c2ncc(Cl)cc2c1. The average molecular weight is 223 g/mol. The van der Waals surface area contributed by atoms with Crippen LogP contribution in [0.1, 0.15) is 5.56 Å². The average Bonchev–Trinajstić information content (AvgIpc) is 2.15. The highest BCUT2D eigenvalue weighted by Gasteiger charge is 2.13. The quantitative estimate of drug-likeness (QED) is 0.550. The molecule has 0 N–H and O–H groups in total. The van der Waals surface area contributed by atoms with Gasteiger partial charge in [0, 0.05) is 17.6 Å². The summed E-state index contributed by atoms with van der Waals surface area (Å²) in [6.07, 6.45) is 1.41. The molecule has 0 saturated heterocycles. The van der Waals surface area contributed by atoms with E-state index in [0.717, 1.165) is 5.56 Å². The number of halogens is 1. The molecule has 2 aromatic rings. The first-order valence-electron chi connectivity index (χ1n) is 4.28. The van der Waals surface area contributed by atoms with Crippen LogP contribution in [0.15, 0.2) is 24.4 Å². The van der Waals surface area contributed by atoms with Crippen LogP contribution in [-0.2, 0) is 0 Å². The lowest BCUT2D eigenvalue weighted by atomic mass is 10.1. The molecule has 0 bridgehead atoms. The van der Waals surface area contributed by atoms with Crippen LogP contribution in [-0.4, -0.2) is 9.91 Å². The van der Waals surface area contributed by atoms with E-state index in [9.17, 15) is 10.1 Å². The van der Waals surface area contributed by atoms with Crippen LogP contribution in [0.2, 0.25) is 5.02 Å². The van der Waals surface area contributed by atoms with Gasteiger partial charge in [-0.3, -0.25) is 10.1 Å². The molecule has 4 nitrogen and oxygen atoms in total. The zero-order chi connectivity index (χ0) is 11.0. The van der Waals surface area contributed by atoms with Crippen molar-refractivity contribution in [1.82, 2.24) is 4.98 Å². The molecular formula is C10H7ClN2O2. The topological polar surface area (TPSA) is 56.0 Å². The molecule has 1 heterocycles. The molecular weight excluding hydrogens is 216 g/mol. The van der Waals surface area contributed by atoms with Crippen molar-refractivity contribution in [2.75, 3.05) is 0 Å². The highest BCUT2D eigenvalue weighted by Crippen LogP contribution is 2.26. The predicted octanol–water partition coefficient (Wildman–Crippen LogP) is 3.10. The first kappa shape index (κ1) is 9.86. The fraction of sp³-hybridized carbons (Fsp3) is 0.100. The monoisotopic (exact) mass is 222 g/mol. The van der Waals surface area contributed by atoms with Crippen LogP contribution in [0.4, 0.5) is 5.69 Å². The third kappa shape index (κ3) is 1.76. The molecule has 0 saturated carbocycles. The van der Waals surface area contributed by atoms with Crippen molar-refractivity contribution in [1.29, 1.82) is 0 Å². The van der Waals surface area contributed by atoms with Crippen LogP contribution in [0.25, 0.3) is 10.9 Å². The van der Waals surface area contributed by atoms with Crippen molar-refractivity contribution in [3.63, 3.8) is 0 Å². The van der Waals surface area contributed by atoms with Crippen molar-refractivity contribution in [2.45, 2.75) is 6.92 Å². The van der Waals surface area contributed by atoms with Crippen LogP contribution < -0.4 is 0 Å². The summed E-state index contributed by atoms with van der Waals surface area (Å²) in [4.78, 5) is 14.3. The molecule has 0 unspecified atom stereocenters. The van der Waals surface area contributed by atoms with E-state index in [1.54, 1.807) is 13.0 Å². The first-order valence-corrected chi connectivity index (χ1v) is 4.66. The molecule has 0 amide bonds. The number of aryl methyl sites for hydroxylation is 1. The summed E-state index contributed by atoms with van der Waals surface area (Å²) in [7, 11) is 0. The number of hydrogen-bond donors (Lipinski definition) is 0. The van der Waals surface area contributed by atoms with E-state index in [1.165, 1.54) is 12.3 Å². The number of aromatic nitrogens is 1. The van der Waals surface area contributed by atoms with E-state index in [2.05, 4.69) is 4.98 Å². The van der Waals surface area contributed by atoms with Crippen molar-refractivity contribution < 1.29 is 4.92 Å². The van der Waals surface area contributed by atoms with Crippen LogP contribution >= 0.6 is 11.6 Å². The van der Waals surface area contributed by atoms with E-state index < -0.39 is 4.92 Å². The maximum atomic E-state index is 10.8. The number of nitro groups is 1. The molecule has 0 aliphatic carbocycles. The van der Waals surface area contributed by atoms with Crippen molar-refractivity contribution >= 4 is 28.2 Å². The van der Waals surface area contributed by atoms with Crippen LogP contribution in [0.3, 0.4) is 0 Å². The van der Waals surface area contributed by atoms with Crippen LogP contribution in [0, 0.1) is 17.0 Å². The number of nitro benzene ring substituents is 1. The van der Waals surface area contributed by atoms with Gasteiger partial charge in [0.15, 0.2) is 0 Å². The second-order valence-corrected chi connectivity index (χ2v) is 3.70. The standard InChI is InChI=1S/C10H7ClN2O2/c1-6-2-7-4-8(11)5-12-10(7)9(3-6)13(14)15/h2-5H,1H3. The zero-order valence-corrected chi connectivity index (χ0v) is 8.65. The molecule has 0 radical (unpaired) electrons. The number of nitrogens with zero attached hydrogens (tertiary/aromatic N) is 2. The largest absolute Gasteiger partial charge is 0.295 e. The maximum absolute atomic E-state index is 10.8. The fourth-order valence-electron chi connectivity index (χ4n) is 1.49. The van der Waals surface area contributed by atoms with Gasteiger partial charge < -0.3 is 0 Å². The number of fused-ring (bicyclic) bond motifs is 1. The Morgan fingerprint density at radius 3 is 2.80 bits per heavy atom. The van der Waals surface area contributed by atoms with E-state index >= 15 is 0 Å². The second kappa shape index (κ2) is 3.47. The highest BCUT2D eigenvalue weighted by molar-refractivity contribution is 6.31. The summed E-state index contributed by atoms with van der Waals surface area (Å²) in [5, 5.41) is 11.9. The van der Waals surface area contributed by atoms with Gasteiger partial charge in [-0.2, -0.15) is 0 Å². The molecule has 2 rings (SSSR count). The Kier molecular flexibility index (Phi) is 2.28. The Morgan fingerprint density at radius 1 is 1.40 bits per heavy atom. The molecule has 0 atom stereocenters. The molecule has 15 heavy (non-hydrogen) atoms. The summed E-state index contributed by atoms with van der Waals surface area (Å²) in [6.45, 7) is 1.80. The van der Waals surface area contributed by atoms with Gasteiger partial charge in [0.2, 0.25) is 0 Å². The van der Waals surface area contributed by atoms with Crippen molar-refractivity contribution in [2.24, 2.45) is 0 Å². The minimum Gasteiger partial charge on any atom is -0.258 e. The number of hydrogen-bond acceptors (Lipinski definition) is 3. The molecule has 5 heteroatoms. The van der Waals surface area contributed by atoms with Gasteiger partial charge in [-0.1, -0.05) is 11.6 Å². The van der Waals surface area contributed by atoms with E-state index in [1.807, 2.05) is 6.07 Å². The van der Waals surface area contributed by atoms with Gasteiger partial charge in [-0.15, -0.1) is 0 Å². The molecule has 0 fully saturated rings.